The van der Waals surface area contributed by atoms with E-state index in [1.54, 1.807) is 0 Å². The molecule has 1 aliphatic rings. The molecular formula is C14H18N4. The number of aryl methyl sites for hydroxylation is 1. The third-order valence-corrected chi connectivity index (χ3v) is 3.87. The Labute approximate surface area is 107 Å². The second-order valence-electron chi connectivity index (χ2n) is 4.98. The summed E-state index contributed by atoms with van der Waals surface area (Å²) < 4.78 is 2.04. The number of fused-ring (bicyclic) bond motifs is 1. The summed E-state index contributed by atoms with van der Waals surface area (Å²) in [5, 5.41) is 0. The molecule has 1 aliphatic carbocycles. The van der Waals surface area contributed by atoms with Gasteiger partial charge in [0.1, 0.15) is 5.82 Å². The van der Waals surface area contributed by atoms with Gasteiger partial charge in [-0.1, -0.05) is 24.3 Å². The van der Waals surface area contributed by atoms with E-state index in [4.69, 9.17) is 5.84 Å². The van der Waals surface area contributed by atoms with Crippen molar-refractivity contribution in [3.8, 4) is 0 Å². The van der Waals surface area contributed by atoms with Gasteiger partial charge in [-0.15, -0.1) is 0 Å². The molecule has 1 aromatic heterocycles. The molecule has 0 amide bonds. The van der Waals surface area contributed by atoms with Crippen LogP contribution < -0.4 is 11.3 Å². The first-order chi connectivity index (χ1) is 8.79. The van der Waals surface area contributed by atoms with Gasteiger partial charge in [-0.2, -0.15) is 0 Å². The van der Waals surface area contributed by atoms with Crippen LogP contribution in [0.25, 0.3) is 0 Å². The number of aromatic nitrogens is 2. The van der Waals surface area contributed by atoms with E-state index in [9.17, 15) is 0 Å². The molecule has 0 radical (unpaired) electrons. The lowest BCUT2D eigenvalue weighted by Gasteiger charge is -2.22. The van der Waals surface area contributed by atoms with Crippen LogP contribution >= 0.6 is 0 Å². The average Bonchev–Trinajstić information content (AvgIpc) is 2.97. The van der Waals surface area contributed by atoms with Crippen molar-refractivity contribution in [1.82, 2.24) is 15.0 Å². The number of imidazole rings is 1. The van der Waals surface area contributed by atoms with Crippen LogP contribution in [0.5, 0.6) is 0 Å². The second-order valence-corrected chi connectivity index (χ2v) is 4.98. The molecule has 0 spiro atoms. The third-order valence-electron chi connectivity index (χ3n) is 3.87. The van der Waals surface area contributed by atoms with Gasteiger partial charge in [0, 0.05) is 19.4 Å². The molecular weight excluding hydrogens is 224 g/mol. The maximum Gasteiger partial charge on any atom is 0.127 e. The van der Waals surface area contributed by atoms with E-state index in [2.05, 4.69) is 34.7 Å². The predicted molar refractivity (Wildman–Crippen MR) is 70.6 cm³/mol. The highest BCUT2D eigenvalue weighted by Gasteiger charge is 2.30. The van der Waals surface area contributed by atoms with E-state index in [0.717, 1.165) is 18.7 Å². The minimum Gasteiger partial charge on any atom is -0.337 e. The second kappa shape index (κ2) is 4.55. The molecule has 3 rings (SSSR count). The van der Waals surface area contributed by atoms with Crippen molar-refractivity contribution in [3.05, 3.63) is 53.6 Å². The van der Waals surface area contributed by atoms with Crippen LogP contribution in [0.3, 0.4) is 0 Å². The van der Waals surface area contributed by atoms with Gasteiger partial charge >= 0.3 is 0 Å². The van der Waals surface area contributed by atoms with Crippen LogP contribution in [0, 0.1) is 5.92 Å². The van der Waals surface area contributed by atoms with Crippen molar-refractivity contribution in [1.29, 1.82) is 0 Å². The lowest BCUT2D eigenvalue weighted by molar-refractivity contribution is 0.357. The van der Waals surface area contributed by atoms with Crippen LogP contribution in [0.2, 0.25) is 0 Å². The monoisotopic (exact) mass is 242 g/mol. The molecule has 0 aliphatic heterocycles. The van der Waals surface area contributed by atoms with E-state index in [0.29, 0.717) is 5.92 Å². The first-order valence-electron chi connectivity index (χ1n) is 6.29. The summed E-state index contributed by atoms with van der Waals surface area (Å²) in [6.07, 6.45) is 5.92. The molecule has 0 saturated heterocycles. The topological polar surface area (TPSA) is 55.9 Å². The molecule has 0 bridgehead atoms. The fraction of sp³-hybridized carbons (Fsp3) is 0.357. The van der Waals surface area contributed by atoms with Gasteiger partial charge in [0.2, 0.25) is 0 Å². The fourth-order valence-electron chi connectivity index (χ4n) is 2.93. The highest BCUT2D eigenvalue weighted by molar-refractivity contribution is 5.33. The maximum atomic E-state index is 5.74. The molecule has 0 saturated carbocycles. The molecule has 3 N–H and O–H groups in total. The standard InChI is InChI=1S/C14H18N4/c1-18-7-6-16-14(18)13(17-15)12-8-10-4-2-3-5-11(10)9-12/h2-7,12-13,17H,8-9,15H2,1H3. The summed E-state index contributed by atoms with van der Waals surface area (Å²) in [6, 6.07) is 8.74. The lowest BCUT2D eigenvalue weighted by Crippen LogP contribution is -2.35. The van der Waals surface area contributed by atoms with E-state index in [-0.39, 0.29) is 6.04 Å². The van der Waals surface area contributed by atoms with E-state index in [1.165, 1.54) is 11.1 Å². The molecule has 1 unspecified atom stereocenters. The molecule has 2 aromatic rings. The summed E-state index contributed by atoms with van der Waals surface area (Å²) in [7, 11) is 2.01. The molecule has 94 valence electrons. The van der Waals surface area contributed by atoms with Crippen LogP contribution in [0.1, 0.15) is 23.0 Å². The average molecular weight is 242 g/mol. The Morgan fingerprint density at radius 1 is 1.33 bits per heavy atom. The van der Waals surface area contributed by atoms with Crippen molar-refractivity contribution in [2.24, 2.45) is 18.8 Å². The molecule has 0 fully saturated rings. The van der Waals surface area contributed by atoms with Crippen LogP contribution in [-0.2, 0) is 19.9 Å². The normalized spacial score (nSPS) is 16.8. The van der Waals surface area contributed by atoms with Gasteiger partial charge in [0.05, 0.1) is 6.04 Å². The summed E-state index contributed by atoms with van der Waals surface area (Å²) in [5.74, 6) is 7.23. The van der Waals surface area contributed by atoms with Gasteiger partial charge in [-0.25, -0.2) is 10.4 Å². The zero-order valence-corrected chi connectivity index (χ0v) is 10.5. The highest BCUT2D eigenvalue weighted by atomic mass is 15.3. The SMILES string of the molecule is Cn1ccnc1C(NN)C1Cc2ccccc2C1. The van der Waals surface area contributed by atoms with Crippen LogP contribution in [-0.4, -0.2) is 9.55 Å². The molecule has 1 heterocycles. The zero-order chi connectivity index (χ0) is 12.5. The predicted octanol–water partition coefficient (Wildman–Crippen LogP) is 1.34. The molecule has 18 heavy (non-hydrogen) atoms. The van der Waals surface area contributed by atoms with Gasteiger partial charge in [0.25, 0.3) is 0 Å². The van der Waals surface area contributed by atoms with Crippen LogP contribution in [0.15, 0.2) is 36.7 Å². The van der Waals surface area contributed by atoms with Gasteiger partial charge < -0.3 is 4.57 Å². The lowest BCUT2D eigenvalue weighted by atomic mass is 9.96. The Hall–Kier alpha value is -1.65. The smallest absolute Gasteiger partial charge is 0.127 e. The van der Waals surface area contributed by atoms with Crippen molar-refractivity contribution >= 4 is 0 Å². The molecule has 1 aromatic carbocycles. The quantitative estimate of drug-likeness (QED) is 0.631. The summed E-state index contributed by atoms with van der Waals surface area (Å²) in [4.78, 5) is 4.41. The largest absolute Gasteiger partial charge is 0.337 e. The Bertz CT molecular complexity index is 521. The maximum absolute atomic E-state index is 5.74. The van der Waals surface area contributed by atoms with Gasteiger partial charge in [-0.3, -0.25) is 5.84 Å². The Morgan fingerprint density at radius 2 is 2.00 bits per heavy atom. The zero-order valence-electron chi connectivity index (χ0n) is 10.5. The number of rotatable bonds is 3. The van der Waals surface area contributed by atoms with Crippen molar-refractivity contribution in [2.45, 2.75) is 18.9 Å². The first kappa shape index (κ1) is 11.4. The Morgan fingerprint density at radius 3 is 2.50 bits per heavy atom. The summed E-state index contributed by atoms with van der Waals surface area (Å²) in [6.45, 7) is 0. The first-order valence-corrected chi connectivity index (χ1v) is 6.29. The van der Waals surface area contributed by atoms with Crippen molar-refractivity contribution in [3.63, 3.8) is 0 Å². The van der Waals surface area contributed by atoms with Crippen molar-refractivity contribution < 1.29 is 0 Å². The number of nitrogens with two attached hydrogens (primary N) is 1. The summed E-state index contributed by atoms with van der Waals surface area (Å²) in [5.41, 5.74) is 5.82. The number of hydrogen-bond acceptors (Lipinski definition) is 3. The molecule has 1 atom stereocenters. The minimum absolute atomic E-state index is 0.109. The van der Waals surface area contributed by atoms with E-state index >= 15 is 0 Å². The Kier molecular flexibility index (Phi) is 2.89. The fourth-order valence-corrected chi connectivity index (χ4v) is 2.93. The number of hydrogen-bond donors (Lipinski definition) is 2. The molecule has 4 heteroatoms. The summed E-state index contributed by atoms with van der Waals surface area (Å²) >= 11 is 0. The third kappa shape index (κ3) is 1.83. The number of benzene rings is 1. The van der Waals surface area contributed by atoms with Gasteiger partial charge in [0.15, 0.2) is 0 Å². The number of nitrogens with one attached hydrogen (secondary N) is 1. The number of nitrogens with zero attached hydrogens (tertiary/aromatic N) is 2. The minimum atomic E-state index is 0.109. The number of hydrazine groups is 1. The molecule has 4 nitrogen and oxygen atoms in total. The van der Waals surface area contributed by atoms with Crippen LogP contribution in [0.4, 0.5) is 0 Å². The van der Waals surface area contributed by atoms with E-state index < -0.39 is 0 Å². The van der Waals surface area contributed by atoms with Crippen molar-refractivity contribution in [2.75, 3.05) is 0 Å². The van der Waals surface area contributed by atoms with E-state index in [1.807, 2.05) is 24.0 Å². The highest BCUT2D eigenvalue weighted by Crippen LogP contribution is 2.34. The Balaban J connectivity index is 1.86. The van der Waals surface area contributed by atoms with Gasteiger partial charge in [-0.05, 0) is 29.9 Å².